The highest BCUT2D eigenvalue weighted by Gasteiger charge is 2.42. The molecule has 0 bridgehead atoms. The maximum absolute atomic E-state index is 13.8. The van der Waals surface area contributed by atoms with Crippen molar-refractivity contribution in [2.24, 2.45) is 5.73 Å². The zero-order valence-electron chi connectivity index (χ0n) is 30.5. The van der Waals surface area contributed by atoms with Gasteiger partial charge < -0.3 is 41.2 Å². The van der Waals surface area contributed by atoms with Gasteiger partial charge in [-0.15, -0.1) is 0 Å². The molecule has 21 heteroatoms. The van der Waals surface area contributed by atoms with Crippen LogP contribution in [0, 0.1) is 11.6 Å². The third-order valence-electron chi connectivity index (χ3n) is 7.11. The first kappa shape index (κ1) is 53.0. The van der Waals surface area contributed by atoms with Gasteiger partial charge in [0.2, 0.25) is 0 Å². The van der Waals surface area contributed by atoms with Gasteiger partial charge in [-0.05, 0) is 65.7 Å². The van der Waals surface area contributed by atoms with Crippen molar-refractivity contribution in [3.63, 3.8) is 0 Å². The van der Waals surface area contributed by atoms with Gasteiger partial charge in [0.1, 0.15) is 22.8 Å². The van der Waals surface area contributed by atoms with E-state index in [-0.39, 0.29) is 29.5 Å². The normalized spacial score (nSPS) is 11.6. The van der Waals surface area contributed by atoms with Crippen molar-refractivity contribution in [1.82, 2.24) is 10.2 Å². The number of carboxylic acids is 1. The lowest BCUT2D eigenvalue weighted by molar-refractivity contribution is -0.155. The van der Waals surface area contributed by atoms with Gasteiger partial charge in [0, 0.05) is 14.1 Å². The molecule has 8 N–H and O–H groups in total. The highest BCUT2D eigenvalue weighted by atomic mass is 35.5. The monoisotopic (exact) mass is 849 g/mol. The van der Waals surface area contributed by atoms with Crippen LogP contribution in [0.4, 0.5) is 35.1 Å². The number of nitrogens with two attached hydrogens (primary N) is 1. The molecule has 4 aromatic carbocycles. The van der Waals surface area contributed by atoms with E-state index in [0.717, 1.165) is 41.1 Å². The van der Waals surface area contributed by atoms with Crippen LogP contribution in [0.25, 0.3) is 0 Å². The Morgan fingerprint density at radius 1 is 0.707 bits per heavy atom. The van der Waals surface area contributed by atoms with Gasteiger partial charge in [-0.2, -0.15) is 26.3 Å². The van der Waals surface area contributed by atoms with Gasteiger partial charge in [-0.1, -0.05) is 91.8 Å². The predicted molar refractivity (Wildman–Crippen MR) is 206 cm³/mol. The topological polar surface area (TPSA) is 177 Å². The third-order valence-corrected chi connectivity index (χ3v) is 7.83. The van der Waals surface area contributed by atoms with Crippen molar-refractivity contribution in [3.8, 4) is 0 Å². The number of nitrogens with zero attached hydrogens (tertiary/aromatic N) is 1. The summed E-state index contributed by atoms with van der Waals surface area (Å²) in [5.41, 5.74) is 4.56. The predicted octanol–water partition coefficient (Wildman–Crippen LogP) is 5.67. The number of carbonyl (C=O) groups excluding carboxylic acids is 1. The molecule has 0 saturated heterocycles. The summed E-state index contributed by atoms with van der Waals surface area (Å²) in [4.78, 5) is 24.2. The summed E-state index contributed by atoms with van der Waals surface area (Å²) < 4.78 is 102. The van der Waals surface area contributed by atoms with Crippen LogP contribution in [0.3, 0.4) is 0 Å². The molecule has 0 aromatic heterocycles. The summed E-state index contributed by atoms with van der Waals surface area (Å²) in [6.45, 7) is 3.98. The highest BCUT2D eigenvalue weighted by Crippen LogP contribution is 2.33. The number of rotatable bonds is 8. The Labute approximate surface area is 335 Å². The molecule has 0 saturated carbocycles. The highest BCUT2D eigenvalue weighted by molar-refractivity contribution is 6.59. The maximum atomic E-state index is 13.8. The number of aromatic carboxylic acids is 1. The Kier molecular flexibility index (Phi) is 22.0. The van der Waals surface area contributed by atoms with E-state index in [1.165, 1.54) is 54.6 Å². The Morgan fingerprint density at radius 3 is 1.40 bits per heavy atom. The molecule has 1 amide bonds. The number of allylic oxidation sites excluding steroid dienone is 1. The fourth-order valence-electron chi connectivity index (χ4n) is 4.25. The quantitative estimate of drug-likeness (QED) is 0.0670. The lowest BCUT2D eigenvalue weighted by Gasteiger charge is -2.22. The molecule has 2 unspecified atom stereocenters. The van der Waals surface area contributed by atoms with Crippen LogP contribution in [0.2, 0.25) is 0 Å². The lowest BCUT2D eigenvalue weighted by atomic mass is 9.80. The minimum Gasteiger partial charge on any atom is -0.478 e. The molecular weight excluding hydrogens is 807 g/mol. The van der Waals surface area contributed by atoms with Crippen LogP contribution < -0.4 is 22.0 Å². The summed E-state index contributed by atoms with van der Waals surface area (Å²) >= 11 is 5.76. The number of halogens is 9. The second-order valence-corrected chi connectivity index (χ2v) is 12.4. The summed E-state index contributed by atoms with van der Waals surface area (Å²) in [6, 6.07) is 15.4. The van der Waals surface area contributed by atoms with Crippen LogP contribution in [-0.4, -0.2) is 82.7 Å². The molecule has 58 heavy (non-hydrogen) atoms. The van der Waals surface area contributed by atoms with Crippen LogP contribution in [0.15, 0.2) is 108 Å². The van der Waals surface area contributed by atoms with Gasteiger partial charge in [0.15, 0.2) is 6.04 Å². The van der Waals surface area contributed by atoms with Gasteiger partial charge in [0.25, 0.3) is 5.91 Å². The zero-order chi connectivity index (χ0) is 43.8. The first-order valence-electron chi connectivity index (χ1n) is 16.1. The van der Waals surface area contributed by atoms with Gasteiger partial charge in [-0.3, -0.25) is 4.79 Å². The fraction of sp³-hybridized carbons (Fsp3) is 0.243. The van der Waals surface area contributed by atoms with Crippen LogP contribution in [0.1, 0.15) is 65.2 Å². The van der Waals surface area contributed by atoms with Crippen molar-refractivity contribution in [1.29, 1.82) is 0 Å². The third kappa shape index (κ3) is 17.7. The Bertz CT molecular complexity index is 1920. The SMILES string of the molecule is C.CC(C)=C(Cl)N(C)C.NC(c1ccccc1)C(F)(F)F.O=C(NC(c1ccccc1)C(F)(F)F)c1ccc(B(O)O)cc1F.O=C(O)c1ccc(B(O)O)cc1F. The molecule has 0 spiro atoms. The minimum absolute atomic E-state index is 0. The molecule has 316 valence electrons. The second-order valence-electron chi connectivity index (χ2n) is 12.0. The molecule has 0 heterocycles. The van der Waals surface area contributed by atoms with Crippen molar-refractivity contribution in [3.05, 3.63) is 142 Å². The molecule has 10 nitrogen and oxygen atoms in total. The van der Waals surface area contributed by atoms with E-state index < -0.39 is 73.3 Å². The molecule has 0 aliphatic carbocycles. The number of amides is 1. The van der Waals surface area contributed by atoms with Crippen LogP contribution in [0.5, 0.6) is 0 Å². The van der Waals surface area contributed by atoms with Gasteiger partial charge in [0.05, 0.1) is 11.1 Å². The smallest absolute Gasteiger partial charge is 0.478 e. The van der Waals surface area contributed by atoms with E-state index in [0.29, 0.717) is 6.07 Å². The number of hydrogen-bond donors (Lipinski definition) is 7. The van der Waals surface area contributed by atoms with E-state index in [9.17, 15) is 44.7 Å². The summed E-state index contributed by atoms with van der Waals surface area (Å²) in [6.07, 6.45) is -9.13. The number of benzene rings is 4. The van der Waals surface area contributed by atoms with E-state index in [1.807, 2.05) is 32.8 Å². The van der Waals surface area contributed by atoms with E-state index in [1.54, 1.807) is 11.4 Å². The number of carboxylic acid groups (broad SMARTS) is 1. The molecule has 0 radical (unpaired) electrons. The molecule has 0 fully saturated rings. The maximum Gasteiger partial charge on any atom is 0.488 e. The molecule has 2 atom stereocenters. The number of alkyl halides is 6. The molecule has 4 aromatic rings. The average Bonchev–Trinajstić information content (AvgIpc) is 3.13. The summed E-state index contributed by atoms with van der Waals surface area (Å²) in [7, 11) is 0.103. The standard InChI is InChI=1S/C15H12BF4NO3.C8H8F3N.C7H6BFO4.C6H12ClN.CH4/c17-12-8-10(16(23)24)6-7-11(12)14(22)21-13(15(18,19)20)9-4-2-1-3-5-9;9-8(10,11)7(12)6-4-2-1-3-5-6;9-6-3-4(8(12)13)1-2-5(6)7(10)11;1-5(2)6(7)8(3)4;/h1-8,13,23-24H,(H,21,22);1-5,7H,12H2;1-3,12-13H,(H,10,11);1-4H3;1H4. The van der Waals surface area contributed by atoms with Crippen molar-refractivity contribution in [2.45, 2.75) is 45.7 Å². The van der Waals surface area contributed by atoms with Crippen LogP contribution >= 0.6 is 11.6 Å². The Morgan fingerprint density at radius 2 is 1.10 bits per heavy atom. The fourth-order valence-corrected chi connectivity index (χ4v) is 4.25. The zero-order valence-corrected chi connectivity index (χ0v) is 31.3. The Balaban J connectivity index is 0.000000812. The molecule has 0 aliphatic rings. The average molecular weight is 850 g/mol. The van der Waals surface area contributed by atoms with Crippen LogP contribution in [-0.2, 0) is 0 Å². The summed E-state index contributed by atoms with van der Waals surface area (Å²) in [5.74, 6) is -4.81. The van der Waals surface area contributed by atoms with Crippen molar-refractivity contribution >= 4 is 48.6 Å². The minimum atomic E-state index is -4.77. The lowest BCUT2D eigenvalue weighted by Crippen LogP contribution is -2.39. The number of carbonyl (C=O) groups is 2. The first-order valence-corrected chi connectivity index (χ1v) is 16.5. The summed E-state index contributed by atoms with van der Waals surface area (Å²) in [5, 5.41) is 46.1. The van der Waals surface area contributed by atoms with E-state index in [2.05, 4.69) is 0 Å². The molecular formula is C37H42B2ClF8N3O7. The largest absolute Gasteiger partial charge is 0.488 e. The Hall–Kier alpha value is -4.98. The van der Waals surface area contributed by atoms with Gasteiger partial charge >= 0.3 is 32.6 Å². The molecule has 4 rings (SSSR count). The van der Waals surface area contributed by atoms with Gasteiger partial charge in [-0.25, -0.2) is 13.6 Å². The number of nitrogens with one attached hydrogen (secondary N) is 1. The van der Waals surface area contributed by atoms with Crippen molar-refractivity contribution < 1.29 is 69.9 Å². The first-order chi connectivity index (χ1) is 26.3. The van der Waals surface area contributed by atoms with E-state index >= 15 is 0 Å². The molecule has 0 aliphatic heterocycles. The number of hydrogen-bond acceptors (Lipinski definition) is 8. The second kappa shape index (κ2) is 24.1. The van der Waals surface area contributed by atoms with E-state index in [4.69, 9.17) is 42.5 Å². The van der Waals surface area contributed by atoms with Crippen molar-refractivity contribution in [2.75, 3.05) is 14.1 Å².